The van der Waals surface area contributed by atoms with Gasteiger partial charge in [0.05, 0.1) is 10.4 Å². The molecule has 0 bridgehead atoms. The van der Waals surface area contributed by atoms with Gasteiger partial charge in [0, 0.05) is 31.3 Å². The first-order valence-corrected chi connectivity index (χ1v) is 12.6. The number of nitrogens with zero attached hydrogens (tertiary/aromatic N) is 1. The van der Waals surface area contributed by atoms with Crippen LogP contribution in [0.15, 0.2) is 77.7 Å². The molecular formula is C25H23F5N2O3S. The van der Waals surface area contributed by atoms with Gasteiger partial charge < -0.3 is 4.74 Å². The maximum absolute atomic E-state index is 14.9. The van der Waals surface area contributed by atoms with E-state index in [0.717, 1.165) is 35.9 Å². The van der Waals surface area contributed by atoms with Crippen LogP contribution in [0, 0.1) is 11.6 Å². The van der Waals surface area contributed by atoms with E-state index in [1.54, 1.807) is 0 Å². The molecule has 0 atom stereocenters. The molecule has 11 heteroatoms. The van der Waals surface area contributed by atoms with Crippen LogP contribution in [0.2, 0.25) is 0 Å². The number of nitrogens with one attached hydrogen (secondary N) is 1. The van der Waals surface area contributed by atoms with Crippen LogP contribution in [0.4, 0.5) is 22.0 Å². The van der Waals surface area contributed by atoms with Gasteiger partial charge in [0.25, 0.3) is 0 Å². The number of likely N-dealkylation sites (tertiary alicyclic amines) is 1. The molecule has 0 aromatic heterocycles. The van der Waals surface area contributed by atoms with Gasteiger partial charge in [-0.25, -0.2) is 21.9 Å². The van der Waals surface area contributed by atoms with Gasteiger partial charge >= 0.3 is 6.36 Å². The Morgan fingerprint density at radius 3 is 2.14 bits per heavy atom. The molecule has 3 aromatic rings. The average Bonchev–Trinajstić information content (AvgIpc) is 2.80. The molecule has 0 saturated carbocycles. The summed E-state index contributed by atoms with van der Waals surface area (Å²) in [5.41, 5.74) is -0.311. The first-order valence-electron chi connectivity index (χ1n) is 11.1. The van der Waals surface area contributed by atoms with E-state index in [1.165, 1.54) is 6.07 Å². The minimum Gasteiger partial charge on any atom is -0.406 e. The number of hydrogen-bond donors (Lipinski definition) is 1. The number of rotatable bonds is 7. The lowest BCUT2D eigenvalue weighted by molar-refractivity contribution is -0.274. The van der Waals surface area contributed by atoms with Crippen LogP contribution in [0.25, 0.3) is 0 Å². The lowest BCUT2D eigenvalue weighted by Crippen LogP contribution is -2.53. The van der Waals surface area contributed by atoms with E-state index in [9.17, 15) is 30.4 Å². The Morgan fingerprint density at radius 1 is 0.917 bits per heavy atom. The largest absolute Gasteiger partial charge is 0.573 e. The first-order chi connectivity index (χ1) is 17.0. The predicted octanol–water partition coefficient (Wildman–Crippen LogP) is 5.33. The summed E-state index contributed by atoms with van der Waals surface area (Å²) in [6.45, 7) is 1.47. The predicted molar refractivity (Wildman–Crippen MR) is 122 cm³/mol. The Morgan fingerprint density at radius 2 is 1.56 bits per heavy atom. The van der Waals surface area contributed by atoms with Crippen molar-refractivity contribution in [3.05, 3.63) is 95.6 Å². The fourth-order valence-corrected chi connectivity index (χ4v) is 5.82. The van der Waals surface area contributed by atoms with Crippen molar-refractivity contribution in [3.8, 4) is 5.75 Å². The number of benzene rings is 3. The van der Waals surface area contributed by atoms with Crippen molar-refractivity contribution >= 4 is 10.0 Å². The summed E-state index contributed by atoms with van der Waals surface area (Å²) in [6, 6.07) is 16.4. The van der Waals surface area contributed by atoms with E-state index in [2.05, 4.69) is 14.4 Å². The van der Waals surface area contributed by atoms with Gasteiger partial charge in [-0.3, -0.25) is 4.90 Å². The van der Waals surface area contributed by atoms with Crippen molar-refractivity contribution in [3.63, 3.8) is 0 Å². The Hall–Kier alpha value is -3.02. The molecule has 36 heavy (non-hydrogen) atoms. The molecule has 4 rings (SSSR count). The zero-order chi connectivity index (χ0) is 26.0. The van der Waals surface area contributed by atoms with Gasteiger partial charge in [0.1, 0.15) is 17.4 Å². The summed E-state index contributed by atoms with van der Waals surface area (Å²) in [5.74, 6) is -2.26. The number of piperidine rings is 1. The summed E-state index contributed by atoms with van der Waals surface area (Å²) in [7, 11) is -4.30. The summed E-state index contributed by atoms with van der Waals surface area (Å²) in [5, 5.41) is 0. The zero-order valence-electron chi connectivity index (χ0n) is 18.9. The quantitative estimate of drug-likeness (QED) is 0.423. The molecular weight excluding hydrogens is 503 g/mol. The van der Waals surface area contributed by atoms with Gasteiger partial charge in [0.15, 0.2) is 0 Å². The maximum Gasteiger partial charge on any atom is 0.573 e. The summed E-state index contributed by atoms with van der Waals surface area (Å²) >= 11 is 0. The molecule has 0 spiro atoms. The second-order valence-electron chi connectivity index (χ2n) is 8.59. The van der Waals surface area contributed by atoms with E-state index in [4.69, 9.17) is 0 Å². The monoisotopic (exact) mass is 526 g/mol. The number of sulfonamides is 1. The van der Waals surface area contributed by atoms with Crippen molar-refractivity contribution in [2.24, 2.45) is 0 Å². The molecule has 0 radical (unpaired) electrons. The summed E-state index contributed by atoms with van der Waals surface area (Å²) in [6.07, 6.45) is -4.54. The molecule has 1 aliphatic rings. The van der Waals surface area contributed by atoms with E-state index >= 15 is 0 Å². The number of ether oxygens (including phenoxy) is 1. The van der Waals surface area contributed by atoms with Crippen molar-refractivity contribution in [1.29, 1.82) is 0 Å². The summed E-state index contributed by atoms with van der Waals surface area (Å²) in [4.78, 5) is 1.79. The van der Waals surface area contributed by atoms with Crippen molar-refractivity contribution in [2.75, 3.05) is 13.1 Å². The lowest BCUT2D eigenvalue weighted by Gasteiger charge is -2.42. The highest BCUT2D eigenvalue weighted by atomic mass is 32.2. The number of alkyl halides is 3. The first kappa shape index (κ1) is 26.1. The van der Waals surface area contributed by atoms with Crippen LogP contribution in [-0.4, -0.2) is 32.8 Å². The normalized spacial score (nSPS) is 16.6. The third-order valence-electron chi connectivity index (χ3n) is 6.10. The van der Waals surface area contributed by atoms with Gasteiger partial charge in [-0.2, -0.15) is 0 Å². The standard InChI is InChI=1S/C25H23F5N2O3S/c26-19-6-11-22(23(27)16-19)24(12-14-32(15-13-24)17-18-4-2-1-3-5-18)31-36(33,34)21-9-7-20(8-10-21)35-25(28,29)30/h1-11,16,31H,12-15,17H2. The Balaban J connectivity index is 1.60. The third kappa shape index (κ3) is 6.21. The van der Waals surface area contributed by atoms with E-state index < -0.39 is 39.3 Å². The highest BCUT2D eigenvalue weighted by Gasteiger charge is 2.42. The SMILES string of the molecule is O=S(=O)(NC1(c2ccc(F)cc2F)CCN(Cc2ccccc2)CC1)c1ccc(OC(F)(F)F)cc1. The van der Waals surface area contributed by atoms with Crippen LogP contribution in [-0.2, 0) is 22.1 Å². The molecule has 5 nitrogen and oxygen atoms in total. The molecule has 1 saturated heterocycles. The molecule has 192 valence electrons. The molecule has 1 fully saturated rings. The fourth-order valence-electron chi connectivity index (χ4n) is 4.38. The van der Waals surface area contributed by atoms with Crippen LogP contribution in [0.5, 0.6) is 5.75 Å². The maximum atomic E-state index is 14.9. The molecule has 0 unspecified atom stereocenters. The molecule has 0 aliphatic carbocycles. The molecule has 0 amide bonds. The second-order valence-corrected chi connectivity index (χ2v) is 10.3. The van der Waals surface area contributed by atoms with Gasteiger partial charge in [0.2, 0.25) is 10.0 Å². The molecule has 1 heterocycles. The van der Waals surface area contributed by atoms with Crippen LogP contribution in [0.1, 0.15) is 24.0 Å². The van der Waals surface area contributed by atoms with E-state index in [0.29, 0.717) is 25.7 Å². The van der Waals surface area contributed by atoms with Gasteiger partial charge in [-0.05, 0) is 48.7 Å². The Kier molecular flexibility index (Phi) is 7.35. The van der Waals surface area contributed by atoms with E-state index in [1.807, 2.05) is 30.3 Å². The van der Waals surface area contributed by atoms with Gasteiger partial charge in [-0.15, -0.1) is 13.2 Å². The van der Waals surface area contributed by atoms with Crippen LogP contribution < -0.4 is 9.46 Å². The highest BCUT2D eigenvalue weighted by molar-refractivity contribution is 7.89. The van der Waals surface area contributed by atoms with Crippen molar-refractivity contribution in [2.45, 2.75) is 36.2 Å². The molecule has 1 N–H and O–H groups in total. The lowest BCUT2D eigenvalue weighted by atomic mass is 9.81. The topological polar surface area (TPSA) is 58.6 Å². The Labute approximate surface area is 205 Å². The highest BCUT2D eigenvalue weighted by Crippen LogP contribution is 2.37. The molecule has 3 aromatic carbocycles. The van der Waals surface area contributed by atoms with E-state index in [-0.39, 0.29) is 23.3 Å². The minimum atomic E-state index is -4.92. The molecule has 1 aliphatic heterocycles. The van der Waals surface area contributed by atoms with Crippen molar-refractivity contribution < 1.29 is 35.1 Å². The van der Waals surface area contributed by atoms with Crippen LogP contribution >= 0.6 is 0 Å². The number of hydrogen-bond acceptors (Lipinski definition) is 4. The van der Waals surface area contributed by atoms with Gasteiger partial charge in [-0.1, -0.05) is 36.4 Å². The third-order valence-corrected chi connectivity index (χ3v) is 7.65. The van der Waals surface area contributed by atoms with Crippen molar-refractivity contribution in [1.82, 2.24) is 9.62 Å². The number of halogens is 5. The fraction of sp³-hybridized carbons (Fsp3) is 0.280. The minimum absolute atomic E-state index is 0.00358. The second kappa shape index (κ2) is 10.2. The summed E-state index contributed by atoms with van der Waals surface area (Å²) < 4.78 is 98.7. The van der Waals surface area contributed by atoms with Crippen LogP contribution in [0.3, 0.4) is 0 Å². The zero-order valence-corrected chi connectivity index (χ0v) is 19.8. The Bertz CT molecular complexity index is 1290. The average molecular weight is 527 g/mol. The smallest absolute Gasteiger partial charge is 0.406 e.